The number of carbonyl (C=O) groups is 1. The van der Waals surface area contributed by atoms with Crippen molar-refractivity contribution in [3.05, 3.63) is 27.7 Å². The number of nitrogens with one attached hydrogen (secondary N) is 1. The van der Waals surface area contributed by atoms with Crippen LogP contribution < -0.4 is 5.32 Å². The van der Waals surface area contributed by atoms with Crippen LogP contribution in [0.5, 0.6) is 0 Å². The molecule has 0 aliphatic carbocycles. The van der Waals surface area contributed by atoms with Crippen LogP contribution in [-0.4, -0.2) is 18.6 Å². The average Bonchev–Trinajstić information content (AvgIpc) is 2.22. The highest BCUT2D eigenvalue weighted by atomic mass is 79.9. The third-order valence-electron chi connectivity index (χ3n) is 2.73. The van der Waals surface area contributed by atoms with Crippen LogP contribution >= 0.6 is 15.9 Å². The summed E-state index contributed by atoms with van der Waals surface area (Å²) in [5.41, 5.74) is 2.14. The van der Waals surface area contributed by atoms with Gasteiger partial charge in [-0.2, -0.15) is 0 Å². The smallest absolute Gasteiger partial charge is 0.256 e. The fraction of sp³-hybridized carbons (Fsp3) is 0.462. The number of rotatable bonds is 3. The third-order valence-corrected chi connectivity index (χ3v) is 3.35. The van der Waals surface area contributed by atoms with Gasteiger partial charge in [0.15, 0.2) is 0 Å². The summed E-state index contributed by atoms with van der Waals surface area (Å²) >= 11 is 3.46. The quantitative estimate of drug-likeness (QED) is 0.928. The van der Waals surface area contributed by atoms with E-state index in [9.17, 15) is 4.79 Å². The molecule has 1 aromatic carbocycles. The Labute approximate surface area is 111 Å². The number of aryl methyl sites for hydroxylation is 2. The summed E-state index contributed by atoms with van der Waals surface area (Å²) in [5.74, 6) is -0.160. The van der Waals surface area contributed by atoms with Crippen LogP contribution in [0.2, 0.25) is 0 Å². The number of ether oxygens (including phenoxy) is 1. The highest BCUT2D eigenvalue weighted by molar-refractivity contribution is 9.10. The molecule has 3 nitrogen and oxygen atoms in total. The van der Waals surface area contributed by atoms with E-state index in [0.717, 1.165) is 21.3 Å². The monoisotopic (exact) mass is 299 g/mol. The van der Waals surface area contributed by atoms with Crippen LogP contribution in [0.15, 0.2) is 16.6 Å². The molecule has 0 saturated heterocycles. The van der Waals surface area contributed by atoms with Crippen molar-refractivity contribution in [2.24, 2.45) is 0 Å². The molecule has 0 aromatic heterocycles. The molecule has 17 heavy (non-hydrogen) atoms. The molecule has 1 amide bonds. The fourth-order valence-electron chi connectivity index (χ4n) is 1.43. The molecule has 4 heteroatoms. The first-order valence-electron chi connectivity index (χ1n) is 5.41. The molecule has 0 atom stereocenters. The number of carbonyl (C=O) groups excluding carboxylic acids is 1. The zero-order valence-electron chi connectivity index (χ0n) is 10.8. The Bertz CT molecular complexity index is 418. The number of methoxy groups -OCH3 is 1. The van der Waals surface area contributed by atoms with Crippen molar-refractivity contribution in [1.82, 2.24) is 0 Å². The van der Waals surface area contributed by atoms with Crippen molar-refractivity contribution in [3.63, 3.8) is 0 Å². The normalized spacial score (nSPS) is 11.4. The topological polar surface area (TPSA) is 38.3 Å². The van der Waals surface area contributed by atoms with Gasteiger partial charge in [-0.1, -0.05) is 6.07 Å². The standard InChI is InChI=1S/C13H18BrNO2/c1-8-6-9(2)11(10(14)7-8)15-12(16)13(3,4)17-5/h6-7H,1-5H3,(H,15,16). The molecule has 0 heterocycles. The molecule has 0 aliphatic heterocycles. The van der Waals surface area contributed by atoms with Gasteiger partial charge < -0.3 is 10.1 Å². The van der Waals surface area contributed by atoms with Crippen molar-refractivity contribution in [2.75, 3.05) is 12.4 Å². The van der Waals surface area contributed by atoms with Crippen molar-refractivity contribution in [1.29, 1.82) is 0 Å². The van der Waals surface area contributed by atoms with Crippen LogP contribution in [0.25, 0.3) is 0 Å². The second kappa shape index (κ2) is 5.19. The molecule has 0 fully saturated rings. The van der Waals surface area contributed by atoms with E-state index < -0.39 is 5.60 Å². The first-order chi connectivity index (χ1) is 7.77. The van der Waals surface area contributed by atoms with Gasteiger partial charge in [-0.3, -0.25) is 4.79 Å². The molecular formula is C13H18BrNO2. The van der Waals surface area contributed by atoms with Crippen molar-refractivity contribution in [3.8, 4) is 0 Å². The minimum atomic E-state index is -0.837. The number of hydrogen-bond acceptors (Lipinski definition) is 2. The average molecular weight is 300 g/mol. The molecule has 1 N–H and O–H groups in total. The van der Waals surface area contributed by atoms with Crippen LogP contribution in [0.3, 0.4) is 0 Å². The summed E-state index contributed by atoms with van der Waals surface area (Å²) < 4.78 is 6.03. The minimum Gasteiger partial charge on any atom is -0.369 e. The Balaban J connectivity index is 3.01. The third kappa shape index (κ3) is 3.30. The van der Waals surface area contributed by atoms with Crippen molar-refractivity contribution in [2.45, 2.75) is 33.3 Å². The summed E-state index contributed by atoms with van der Waals surface area (Å²) in [7, 11) is 1.52. The molecule has 0 radical (unpaired) electrons. The second-order valence-electron chi connectivity index (χ2n) is 4.61. The summed E-state index contributed by atoms with van der Waals surface area (Å²) in [6.07, 6.45) is 0. The van der Waals surface area contributed by atoms with E-state index in [1.807, 2.05) is 26.0 Å². The van der Waals surface area contributed by atoms with E-state index in [1.54, 1.807) is 13.8 Å². The first-order valence-corrected chi connectivity index (χ1v) is 6.20. The van der Waals surface area contributed by atoms with E-state index in [4.69, 9.17) is 4.74 Å². The maximum absolute atomic E-state index is 12.0. The van der Waals surface area contributed by atoms with Gasteiger partial charge in [0.05, 0.1) is 5.69 Å². The first kappa shape index (κ1) is 14.2. The number of hydrogen-bond donors (Lipinski definition) is 1. The molecule has 0 saturated carbocycles. The molecule has 0 aliphatic rings. The van der Waals surface area contributed by atoms with E-state index in [2.05, 4.69) is 21.2 Å². The SMILES string of the molecule is COC(C)(C)C(=O)Nc1c(C)cc(C)cc1Br. The van der Waals surface area contributed by atoms with E-state index in [-0.39, 0.29) is 5.91 Å². The van der Waals surface area contributed by atoms with Gasteiger partial charge in [-0.05, 0) is 60.8 Å². The Morgan fingerprint density at radius 2 is 1.94 bits per heavy atom. The largest absolute Gasteiger partial charge is 0.369 e. The lowest BCUT2D eigenvalue weighted by molar-refractivity contribution is -0.133. The van der Waals surface area contributed by atoms with E-state index >= 15 is 0 Å². The van der Waals surface area contributed by atoms with E-state index in [1.165, 1.54) is 7.11 Å². The maximum Gasteiger partial charge on any atom is 0.256 e. The molecular weight excluding hydrogens is 282 g/mol. The lowest BCUT2D eigenvalue weighted by atomic mass is 10.1. The lowest BCUT2D eigenvalue weighted by Gasteiger charge is -2.23. The van der Waals surface area contributed by atoms with E-state index in [0.29, 0.717) is 0 Å². The van der Waals surface area contributed by atoms with Crippen molar-refractivity contribution < 1.29 is 9.53 Å². The summed E-state index contributed by atoms with van der Waals surface area (Å²) in [5, 5.41) is 2.89. The Kier molecular flexibility index (Phi) is 4.33. The zero-order valence-corrected chi connectivity index (χ0v) is 12.4. The Morgan fingerprint density at radius 3 is 2.41 bits per heavy atom. The van der Waals surface area contributed by atoms with Gasteiger partial charge >= 0.3 is 0 Å². The zero-order chi connectivity index (χ0) is 13.2. The van der Waals surface area contributed by atoms with Crippen LogP contribution in [0, 0.1) is 13.8 Å². The lowest BCUT2D eigenvalue weighted by Crippen LogP contribution is -2.39. The predicted molar refractivity (Wildman–Crippen MR) is 73.3 cm³/mol. The Morgan fingerprint density at radius 1 is 1.35 bits per heavy atom. The number of halogens is 1. The van der Waals surface area contributed by atoms with Crippen LogP contribution in [-0.2, 0) is 9.53 Å². The highest BCUT2D eigenvalue weighted by Gasteiger charge is 2.27. The van der Waals surface area contributed by atoms with Gasteiger partial charge in [0, 0.05) is 11.6 Å². The van der Waals surface area contributed by atoms with Gasteiger partial charge in [-0.25, -0.2) is 0 Å². The number of amides is 1. The molecule has 94 valence electrons. The number of benzene rings is 1. The summed E-state index contributed by atoms with van der Waals surface area (Å²) in [4.78, 5) is 12.0. The second-order valence-corrected chi connectivity index (χ2v) is 5.46. The molecule has 0 unspecified atom stereocenters. The van der Waals surface area contributed by atoms with Gasteiger partial charge in [0.25, 0.3) is 5.91 Å². The Hall–Kier alpha value is -0.870. The van der Waals surface area contributed by atoms with Gasteiger partial charge in [0.2, 0.25) is 0 Å². The van der Waals surface area contributed by atoms with Gasteiger partial charge in [0.1, 0.15) is 5.60 Å². The summed E-state index contributed by atoms with van der Waals surface area (Å²) in [6.45, 7) is 7.45. The molecule has 0 bridgehead atoms. The van der Waals surface area contributed by atoms with Crippen LogP contribution in [0.1, 0.15) is 25.0 Å². The predicted octanol–water partition coefficient (Wildman–Crippen LogP) is 3.43. The fourth-order valence-corrected chi connectivity index (χ4v) is 2.20. The molecule has 1 aromatic rings. The maximum atomic E-state index is 12.0. The summed E-state index contributed by atoms with van der Waals surface area (Å²) in [6, 6.07) is 4.00. The minimum absolute atomic E-state index is 0.160. The van der Waals surface area contributed by atoms with Crippen LogP contribution in [0.4, 0.5) is 5.69 Å². The molecule has 0 spiro atoms. The van der Waals surface area contributed by atoms with Crippen molar-refractivity contribution >= 4 is 27.5 Å². The molecule has 1 rings (SSSR count). The van der Waals surface area contributed by atoms with Gasteiger partial charge in [-0.15, -0.1) is 0 Å². The highest BCUT2D eigenvalue weighted by Crippen LogP contribution is 2.28. The number of anilines is 1.